The molecule has 18 heavy (non-hydrogen) atoms. The van der Waals surface area contributed by atoms with Gasteiger partial charge < -0.3 is 10.3 Å². The molecule has 0 aliphatic carbocycles. The van der Waals surface area contributed by atoms with E-state index in [9.17, 15) is 0 Å². The summed E-state index contributed by atoms with van der Waals surface area (Å²) >= 11 is 3.93. The Morgan fingerprint density at radius 2 is 2.22 bits per heavy atom. The summed E-state index contributed by atoms with van der Waals surface area (Å²) in [5.74, 6) is 0.296. The lowest BCUT2D eigenvalue weighted by Crippen LogP contribution is -1.89. The van der Waals surface area contributed by atoms with Crippen molar-refractivity contribution in [3.05, 3.63) is 38.7 Å². The van der Waals surface area contributed by atoms with Gasteiger partial charge in [0.1, 0.15) is 5.69 Å². The predicted molar refractivity (Wildman–Crippen MR) is 80.2 cm³/mol. The van der Waals surface area contributed by atoms with Gasteiger partial charge >= 0.3 is 0 Å². The Kier molecular flexibility index (Phi) is 3.04. The first-order chi connectivity index (χ1) is 8.75. The van der Waals surface area contributed by atoms with E-state index in [1.165, 1.54) is 2.88 Å². The highest BCUT2D eigenvalue weighted by atomic mass is 127. The van der Waals surface area contributed by atoms with E-state index < -0.39 is 0 Å². The van der Waals surface area contributed by atoms with Crippen molar-refractivity contribution in [3.8, 4) is 22.5 Å². The van der Waals surface area contributed by atoms with Gasteiger partial charge in [-0.05, 0) is 40.8 Å². The van der Waals surface area contributed by atoms with Gasteiger partial charge in [0.15, 0.2) is 0 Å². The highest BCUT2D eigenvalue weighted by Gasteiger charge is 2.18. The van der Waals surface area contributed by atoms with Crippen LogP contribution < -0.4 is 5.73 Å². The molecule has 0 amide bonds. The first-order valence-electron chi connectivity index (χ1n) is 5.16. The fourth-order valence-electron chi connectivity index (χ4n) is 1.69. The number of rotatable bonds is 2. The molecular formula is C12H8IN3OS. The molecule has 0 fully saturated rings. The van der Waals surface area contributed by atoms with E-state index in [0.717, 1.165) is 22.5 Å². The summed E-state index contributed by atoms with van der Waals surface area (Å²) in [4.78, 5) is 4.30. The van der Waals surface area contributed by atoms with Crippen LogP contribution in [0.15, 0.2) is 40.4 Å². The molecular weight excluding hydrogens is 361 g/mol. The summed E-state index contributed by atoms with van der Waals surface area (Å²) in [6.45, 7) is 0. The van der Waals surface area contributed by atoms with Crippen LogP contribution in [0.25, 0.3) is 22.5 Å². The van der Waals surface area contributed by atoms with Crippen LogP contribution >= 0.6 is 33.9 Å². The Morgan fingerprint density at radius 3 is 2.89 bits per heavy atom. The van der Waals surface area contributed by atoms with Crippen molar-refractivity contribution in [2.75, 3.05) is 5.73 Å². The van der Waals surface area contributed by atoms with Gasteiger partial charge in [-0.2, -0.15) is 0 Å². The summed E-state index contributed by atoms with van der Waals surface area (Å²) < 4.78 is 6.29. The maximum Gasteiger partial charge on any atom is 0.232 e. The molecule has 0 spiro atoms. The quantitative estimate of drug-likeness (QED) is 0.701. The first kappa shape index (κ1) is 11.7. The van der Waals surface area contributed by atoms with Crippen molar-refractivity contribution in [2.45, 2.75) is 0 Å². The van der Waals surface area contributed by atoms with Gasteiger partial charge in [0.2, 0.25) is 5.88 Å². The highest BCUT2D eigenvalue weighted by Crippen LogP contribution is 2.36. The Bertz CT molecular complexity index is 678. The lowest BCUT2D eigenvalue weighted by molar-refractivity contribution is 0.439. The molecule has 0 saturated carbocycles. The minimum atomic E-state index is 0.296. The van der Waals surface area contributed by atoms with Crippen molar-refractivity contribution in [2.24, 2.45) is 0 Å². The molecule has 0 radical (unpaired) electrons. The Hall–Kier alpha value is -1.41. The van der Waals surface area contributed by atoms with Gasteiger partial charge in [0.05, 0.1) is 14.1 Å². The van der Waals surface area contributed by atoms with Crippen LogP contribution in [0.3, 0.4) is 0 Å². The molecule has 0 aliphatic rings. The first-order valence-corrected chi connectivity index (χ1v) is 7.12. The van der Waals surface area contributed by atoms with Crippen LogP contribution in [0.1, 0.15) is 0 Å². The number of halogens is 1. The number of hydrogen-bond donors (Lipinski definition) is 1. The SMILES string of the molecule is Nc1onc(-c2csc(I)c2)c1-c1ccccn1. The zero-order valence-corrected chi connectivity index (χ0v) is 12.1. The van der Waals surface area contributed by atoms with Crippen molar-refractivity contribution in [3.63, 3.8) is 0 Å². The van der Waals surface area contributed by atoms with Crippen LogP contribution in [0.2, 0.25) is 0 Å². The van der Waals surface area contributed by atoms with Crippen LogP contribution in [-0.2, 0) is 0 Å². The minimum absolute atomic E-state index is 0.296. The van der Waals surface area contributed by atoms with Crippen molar-refractivity contribution < 1.29 is 4.52 Å². The second-order valence-electron chi connectivity index (χ2n) is 3.62. The molecule has 4 nitrogen and oxygen atoms in total. The second kappa shape index (κ2) is 4.69. The number of nitrogen functional groups attached to an aromatic ring is 1. The summed E-state index contributed by atoms with van der Waals surface area (Å²) in [6, 6.07) is 7.72. The van der Waals surface area contributed by atoms with Gasteiger partial charge in [-0.15, -0.1) is 11.3 Å². The third-order valence-electron chi connectivity index (χ3n) is 2.48. The fraction of sp³-hybridized carbons (Fsp3) is 0. The lowest BCUT2D eigenvalue weighted by atomic mass is 10.1. The number of aromatic nitrogens is 2. The monoisotopic (exact) mass is 369 g/mol. The zero-order valence-electron chi connectivity index (χ0n) is 9.13. The van der Waals surface area contributed by atoms with E-state index in [2.05, 4.69) is 38.8 Å². The standard InChI is InChI=1S/C12H8IN3OS/c13-9-5-7(6-18-9)11-10(12(14)17-16-11)8-3-1-2-4-15-8/h1-6H,14H2. The second-order valence-corrected chi connectivity index (χ2v) is 6.43. The van der Waals surface area contributed by atoms with E-state index >= 15 is 0 Å². The molecule has 0 aliphatic heterocycles. The molecule has 0 aromatic carbocycles. The molecule has 3 aromatic rings. The van der Waals surface area contributed by atoms with Crippen LogP contribution in [0, 0.1) is 2.88 Å². The molecule has 0 bridgehead atoms. The maximum atomic E-state index is 5.85. The molecule has 2 N–H and O–H groups in total. The van der Waals surface area contributed by atoms with E-state index in [1.807, 2.05) is 23.6 Å². The number of anilines is 1. The summed E-state index contributed by atoms with van der Waals surface area (Å²) in [6.07, 6.45) is 1.73. The average Bonchev–Trinajstić information content (AvgIpc) is 2.96. The summed E-state index contributed by atoms with van der Waals surface area (Å²) in [5.41, 5.74) is 9.12. The molecule has 3 heterocycles. The fourth-order valence-corrected chi connectivity index (χ4v) is 3.02. The van der Waals surface area contributed by atoms with Gasteiger partial charge in [-0.3, -0.25) is 4.98 Å². The van der Waals surface area contributed by atoms with E-state index in [1.54, 1.807) is 17.5 Å². The Labute approximate surface area is 121 Å². The predicted octanol–water partition coefficient (Wildman–Crippen LogP) is 3.65. The van der Waals surface area contributed by atoms with Gasteiger partial charge in [-0.25, -0.2) is 0 Å². The summed E-state index contributed by atoms with van der Waals surface area (Å²) in [5, 5.41) is 6.07. The molecule has 0 atom stereocenters. The number of pyridine rings is 1. The van der Waals surface area contributed by atoms with Crippen LogP contribution in [-0.4, -0.2) is 10.1 Å². The Balaban J connectivity index is 2.18. The number of nitrogens with zero attached hydrogens (tertiary/aromatic N) is 2. The summed E-state index contributed by atoms with van der Waals surface area (Å²) in [7, 11) is 0. The highest BCUT2D eigenvalue weighted by molar-refractivity contribution is 14.1. The van der Waals surface area contributed by atoms with Gasteiger partial charge in [0.25, 0.3) is 0 Å². The molecule has 3 rings (SSSR count). The largest absolute Gasteiger partial charge is 0.367 e. The lowest BCUT2D eigenvalue weighted by Gasteiger charge is -1.99. The number of thiophene rings is 1. The molecule has 3 aromatic heterocycles. The van der Waals surface area contributed by atoms with Gasteiger partial charge in [0, 0.05) is 17.1 Å². The average molecular weight is 369 g/mol. The van der Waals surface area contributed by atoms with E-state index in [0.29, 0.717) is 5.88 Å². The number of hydrogen-bond acceptors (Lipinski definition) is 5. The van der Waals surface area contributed by atoms with Crippen molar-refractivity contribution >= 4 is 39.8 Å². The molecule has 0 unspecified atom stereocenters. The van der Waals surface area contributed by atoms with Crippen molar-refractivity contribution in [1.82, 2.24) is 10.1 Å². The van der Waals surface area contributed by atoms with Crippen molar-refractivity contribution in [1.29, 1.82) is 0 Å². The zero-order chi connectivity index (χ0) is 12.5. The third kappa shape index (κ3) is 2.01. The maximum absolute atomic E-state index is 5.85. The van der Waals surface area contributed by atoms with E-state index in [-0.39, 0.29) is 0 Å². The molecule has 6 heteroatoms. The molecule has 0 saturated heterocycles. The normalized spacial score (nSPS) is 10.7. The molecule has 90 valence electrons. The van der Waals surface area contributed by atoms with Gasteiger partial charge in [-0.1, -0.05) is 11.2 Å². The Morgan fingerprint density at radius 1 is 1.33 bits per heavy atom. The van der Waals surface area contributed by atoms with Crippen LogP contribution in [0.4, 0.5) is 5.88 Å². The van der Waals surface area contributed by atoms with Crippen LogP contribution in [0.5, 0.6) is 0 Å². The topological polar surface area (TPSA) is 64.9 Å². The van der Waals surface area contributed by atoms with E-state index in [4.69, 9.17) is 10.3 Å². The third-order valence-corrected chi connectivity index (χ3v) is 4.27. The minimum Gasteiger partial charge on any atom is -0.367 e. The number of nitrogens with two attached hydrogens (primary N) is 1. The smallest absolute Gasteiger partial charge is 0.232 e.